The van der Waals surface area contributed by atoms with E-state index in [1.54, 1.807) is 0 Å². The predicted molar refractivity (Wildman–Crippen MR) is 89.8 cm³/mol. The van der Waals surface area contributed by atoms with Crippen LogP contribution in [0.4, 0.5) is 0 Å². The van der Waals surface area contributed by atoms with Crippen molar-refractivity contribution in [2.75, 3.05) is 24.7 Å². The van der Waals surface area contributed by atoms with Crippen molar-refractivity contribution in [3.8, 4) is 0 Å². The molecule has 1 saturated heterocycles. The van der Waals surface area contributed by atoms with Crippen LogP contribution >= 0.6 is 11.8 Å². The molecule has 0 amide bonds. The molecule has 0 aromatic heterocycles. The smallest absolute Gasteiger partial charge is 0.0468 e. The third-order valence-electron chi connectivity index (χ3n) is 2.17. The van der Waals surface area contributed by atoms with Gasteiger partial charge >= 0.3 is 0 Å². The Morgan fingerprint density at radius 2 is 1.50 bits per heavy atom. The van der Waals surface area contributed by atoms with Gasteiger partial charge < -0.3 is 4.74 Å². The quantitative estimate of drug-likeness (QED) is 0.637. The second-order valence-corrected chi connectivity index (χ2v) is 5.67. The zero-order valence-corrected chi connectivity index (χ0v) is 15.0. The van der Waals surface area contributed by atoms with E-state index in [0.717, 1.165) is 25.0 Å². The van der Waals surface area contributed by atoms with Crippen LogP contribution in [0, 0.1) is 11.8 Å². The molecule has 0 radical (unpaired) electrons. The Morgan fingerprint density at radius 3 is 1.67 bits per heavy atom. The fourth-order valence-electron chi connectivity index (χ4n) is 1.17. The molecule has 0 spiro atoms. The topological polar surface area (TPSA) is 9.23 Å². The Bertz CT molecular complexity index is 110. The molecule has 0 aromatic carbocycles. The first-order valence-corrected chi connectivity index (χ1v) is 8.97. The lowest BCUT2D eigenvalue weighted by molar-refractivity contribution is 0.0716. The minimum Gasteiger partial charge on any atom is -0.381 e. The molecule has 0 saturated carbocycles. The molecule has 0 aromatic rings. The first-order valence-electron chi connectivity index (χ1n) is 7.82. The lowest BCUT2D eigenvalue weighted by atomic mass is 10.0. The highest BCUT2D eigenvalue weighted by Gasteiger charge is 2.06. The summed E-state index contributed by atoms with van der Waals surface area (Å²) in [6.07, 6.45) is 2.53. The van der Waals surface area contributed by atoms with E-state index < -0.39 is 0 Å². The average Bonchev–Trinajstić information content (AvgIpc) is 2.42. The summed E-state index contributed by atoms with van der Waals surface area (Å²) in [5.41, 5.74) is 0. The van der Waals surface area contributed by atoms with Gasteiger partial charge in [-0.1, -0.05) is 55.4 Å². The summed E-state index contributed by atoms with van der Waals surface area (Å²) < 4.78 is 5.14. The van der Waals surface area contributed by atoms with Gasteiger partial charge in [0.1, 0.15) is 0 Å². The highest BCUT2D eigenvalue weighted by Crippen LogP contribution is 2.11. The fourth-order valence-corrected chi connectivity index (χ4v) is 1.88. The zero-order chi connectivity index (χ0) is 14.8. The van der Waals surface area contributed by atoms with E-state index >= 15 is 0 Å². The van der Waals surface area contributed by atoms with Crippen molar-refractivity contribution in [2.24, 2.45) is 11.8 Å². The Balaban J connectivity index is -0.000000196. The summed E-state index contributed by atoms with van der Waals surface area (Å²) in [6.45, 7) is 19.0. The van der Waals surface area contributed by atoms with Crippen molar-refractivity contribution in [3.05, 3.63) is 0 Å². The standard InChI is InChI=1S/C6H12O.C6H14S.2C2H6/c1-6-2-4-7-5-3-6;1-4-7-5-6(2)3;2*1-2/h6H,2-5H2,1H3;6H,4-5H2,1-3H3;2*1-2H3. The Morgan fingerprint density at radius 1 is 1.06 bits per heavy atom. The number of rotatable bonds is 3. The summed E-state index contributed by atoms with van der Waals surface area (Å²) in [5, 5.41) is 0. The molecule has 2 heteroatoms. The highest BCUT2D eigenvalue weighted by molar-refractivity contribution is 7.99. The van der Waals surface area contributed by atoms with Crippen LogP contribution in [0.25, 0.3) is 0 Å². The molecular weight excluding hydrogens is 240 g/mol. The van der Waals surface area contributed by atoms with E-state index in [9.17, 15) is 0 Å². The van der Waals surface area contributed by atoms with Gasteiger partial charge in [-0.2, -0.15) is 11.8 Å². The van der Waals surface area contributed by atoms with E-state index in [1.807, 2.05) is 39.5 Å². The van der Waals surface area contributed by atoms with Gasteiger partial charge in [-0.15, -0.1) is 0 Å². The molecular formula is C16H38OS. The molecule has 1 fully saturated rings. The van der Waals surface area contributed by atoms with Gasteiger partial charge in [0, 0.05) is 13.2 Å². The van der Waals surface area contributed by atoms with Crippen molar-refractivity contribution in [1.29, 1.82) is 0 Å². The number of hydrogen-bond acceptors (Lipinski definition) is 2. The van der Waals surface area contributed by atoms with Crippen molar-refractivity contribution < 1.29 is 4.74 Å². The Hall–Kier alpha value is 0.310. The molecule has 0 atom stereocenters. The molecule has 114 valence electrons. The molecule has 0 bridgehead atoms. The van der Waals surface area contributed by atoms with Crippen molar-refractivity contribution in [1.82, 2.24) is 0 Å². The van der Waals surface area contributed by atoms with Gasteiger partial charge in [-0.3, -0.25) is 0 Å². The third kappa shape index (κ3) is 25.2. The zero-order valence-electron chi connectivity index (χ0n) is 14.2. The molecule has 0 N–H and O–H groups in total. The normalized spacial score (nSPS) is 14.5. The van der Waals surface area contributed by atoms with Crippen LogP contribution in [0.5, 0.6) is 0 Å². The molecule has 1 aliphatic heterocycles. The van der Waals surface area contributed by atoms with Gasteiger partial charge in [0.05, 0.1) is 0 Å². The van der Waals surface area contributed by atoms with Crippen LogP contribution in [-0.4, -0.2) is 24.7 Å². The molecule has 0 unspecified atom stereocenters. The van der Waals surface area contributed by atoms with E-state index in [-0.39, 0.29) is 0 Å². The number of hydrogen-bond donors (Lipinski definition) is 0. The summed E-state index contributed by atoms with van der Waals surface area (Å²) in [4.78, 5) is 0. The summed E-state index contributed by atoms with van der Waals surface area (Å²) in [6, 6.07) is 0. The second-order valence-electron chi connectivity index (χ2n) is 4.35. The van der Waals surface area contributed by atoms with Crippen molar-refractivity contribution in [3.63, 3.8) is 0 Å². The molecule has 18 heavy (non-hydrogen) atoms. The lowest BCUT2D eigenvalue weighted by Gasteiger charge is -2.16. The molecule has 1 nitrogen and oxygen atoms in total. The van der Waals surface area contributed by atoms with Crippen LogP contribution in [0.3, 0.4) is 0 Å². The fraction of sp³-hybridized carbons (Fsp3) is 1.00. The second kappa shape index (κ2) is 22.5. The summed E-state index contributed by atoms with van der Waals surface area (Å²) >= 11 is 2.02. The average molecular weight is 279 g/mol. The summed E-state index contributed by atoms with van der Waals surface area (Å²) in [7, 11) is 0. The van der Waals surface area contributed by atoms with Crippen LogP contribution < -0.4 is 0 Å². The molecule has 1 rings (SSSR count). The maximum atomic E-state index is 5.14. The maximum Gasteiger partial charge on any atom is 0.0468 e. The molecule has 1 aliphatic rings. The van der Waals surface area contributed by atoms with Gasteiger partial charge in [-0.25, -0.2) is 0 Å². The maximum absolute atomic E-state index is 5.14. The first-order chi connectivity index (χ1) is 8.66. The Labute approximate surface area is 121 Å². The van der Waals surface area contributed by atoms with Crippen LogP contribution in [-0.2, 0) is 4.74 Å². The van der Waals surface area contributed by atoms with Crippen LogP contribution in [0.2, 0.25) is 0 Å². The minimum absolute atomic E-state index is 0.866. The minimum atomic E-state index is 0.866. The number of thioether (sulfide) groups is 1. The molecule has 0 aliphatic carbocycles. The van der Waals surface area contributed by atoms with Crippen LogP contribution in [0.15, 0.2) is 0 Å². The van der Waals surface area contributed by atoms with Crippen molar-refractivity contribution >= 4 is 11.8 Å². The summed E-state index contributed by atoms with van der Waals surface area (Å²) in [5.74, 6) is 4.35. The lowest BCUT2D eigenvalue weighted by Crippen LogP contribution is -2.12. The Kier molecular flexibility index (Phi) is 29.2. The van der Waals surface area contributed by atoms with E-state index in [0.29, 0.717) is 0 Å². The van der Waals surface area contributed by atoms with Gasteiger partial charge in [0.15, 0.2) is 0 Å². The van der Waals surface area contributed by atoms with Gasteiger partial charge in [-0.05, 0) is 36.2 Å². The number of ether oxygens (including phenoxy) is 1. The predicted octanol–water partition coefficient (Wildman–Crippen LogP) is 5.88. The SMILES string of the molecule is CC.CC.CC1CCOCC1.CCSCC(C)C. The molecule has 1 heterocycles. The third-order valence-corrected chi connectivity index (χ3v) is 3.48. The van der Waals surface area contributed by atoms with E-state index in [2.05, 4.69) is 27.7 Å². The monoisotopic (exact) mass is 278 g/mol. The highest BCUT2D eigenvalue weighted by atomic mass is 32.2. The van der Waals surface area contributed by atoms with Crippen LogP contribution in [0.1, 0.15) is 68.2 Å². The van der Waals surface area contributed by atoms with Gasteiger partial charge in [0.2, 0.25) is 0 Å². The van der Waals surface area contributed by atoms with Crippen molar-refractivity contribution in [2.45, 2.75) is 68.2 Å². The van der Waals surface area contributed by atoms with Gasteiger partial charge in [0.25, 0.3) is 0 Å². The van der Waals surface area contributed by atoms with E-state index in [4.69, 9.17) is 4.74 Å². The van der Waals surface area contributed by atoms with E-state index in [1.165, 1.54) is 24.3 Å². The largest absolute Gasteiger partial charge is 0.381 e. The first kappa shape index (κ1) is 23.4.